The van der Waals surface area contributed by atoms with Crippen LogP contribution in [-0.2, 0) is 21.2 Å². The molecule has 0 aromatic heterocycles. The van der Waals surface area contributed by atoms with E-state index in [0.29, 0.717) is 32.0 Å². The van der Waals surface area contributed by atoms with E-state index >= 15 is 0 Å². The Morgan fingerprint density at radius 2 is 1.97 bits per heavy atom. The number of hydrogen-bond donors (Lipinski definition) is 1. The number of carbonyl (C=O) groups is 1. The molecule has 6 heteroatoms. The van der Waals surface area contributed by atoms with Gasteiger partial charge < -0.3 is 5.32 Å². The molecule has 1 fully saturated rings. The second kappa shape index (κ2) is 12.3. The predicted molar refractivity (Wildman–Crippen MR) is 119 cm³/mol. The van der Waals surface area contributed by atoms with Crippen LogP contribution >= 0.6 is 0 Å². The van der Waals surface area contributed by atoms with Gasteiger partial charge in [-0.25, -0.2) is 12.7 Å². The van der Waals surface area contributed by atoms with Crippen LogP contribution in [-0.4, -0.2) is 44.0 Å². The van der Waals surface area contributed by atoms with Crippen LogP contribution in [0.1, 0.15) is 64.4 Å². The quantitative estimate of drug-likeness (QED) is 0.554. The van der Waals surface area contributed by atoms with E-state index in [0.717, 1.165) is 37.7 Å². The highest BCUT2D eigenvalue weighted by Crippen LogP contribution is 2.21. The molecule has 0 unspecified atom stereocenters. The van der Waals surface area contributed by atoms with Crippen LogP contribution in [0.2, 0.25) is 0 Å². The van der Waals surface area contributed by atoms with Crippen LogP contribution < -0.4 is 5.32 Å². The van der Waals surface area contributed by atoms with Gasteiger partial charge in [0.15, 0.2) is 0 Å². The number of benzene rings is 1. The highest BCUT2D eigenvalue weighted by Gasteiger charge is 2.32. The molecule has 29 heavy (non-hydrogen) atoms. The minimum atomic E-state index is -3.31. The van der Waals surface area contributed by atoms with E-state index in [4.69, 9.17) is 0 Å². The first-order valence-electron chi connectivity index (χ1n) is 11.3. The Morgan fingerprint density at radius 3 is 2.66 bits per heavy atom. The molecule has 0 bridgehead atoms. The topological polar surface area (TPSA) is 66.5 Å². The number of hydrogen-bond acceptors (Lipinski definition) is 3. The Labute approximate surface area is 177 Å². The predicted octanol–water partition coefficient (Wildman–Crippen LogP) is 3.99. The van der Waals surface area contributed by atoms with Crippen molar-refractivity contribution in [2.24, 2.45) is 11.8 Å². The molecule has 1 saturated heterocycles. The number of nitrogens with zero attached hydrogens (tertiary/aromatic N) is 1. The van der Waals surface area contributed by atoms with Gasteiger partial charge in [-0.2, -0.15) is 0 Å². The smallest absolute Gasteiger partial charge is 0.224 e. The maximum absolute atomic E-state index is 12.8. The first-order valence-corrected chi connectivity index (χ1v) is 12.9. The zero-order valence-electron chi connectivity index (χ0n) is 18.1. The van der Waals surface area contributed by atoms with Gasteiger partial charge in [0, 0.05) is 19.6 Å². The maximum Gasteiger partial charge on any atom is 0.224 e. The van der Waals surface area contributed by atoms with E-state index in [1.54, 1.807) is 4.31 Å². The van der Waals surface area contributed by atoms with Gasteiger partial charge in [-0.05, 0) is 43.6 Å². The summed E-state index contributed by atoms with van der Waals surface area (Å²) in [4.78, 5) is 12.6. The molecule has 1 N–H and O–H groups in total. The molecule has 1 aliphatic heterocycles. The lowest BCUT2D eigenvalue weighted by atomic mass is 9.96. The first-order chi connectivity index (χ1) is 14.0. The molecule has 0 radical (unpaired) electrons. The molecule has 0 saturated carbocycles. The lowest BCUT2D eigenvalue weighted by Crippen LogP contribution is -2.46. The van der Waals surface area contributed by atoms with Crippen LogP contribution in [0.5, 0.6) is 0 Å². The third kappa shape index (κ3) is 8.09. The number of carbonyl (C=O) groups excluding carboxylic acids is 1. The summed E-state index contributed by atoms with van der Waals surface area (Å²) < 4.78 is 27.1. The molecule has 1 aromatic rings. The van der Waals surface area contributed by atoms with Crippen molar-refractivity contribution < 1.29 is 13.2 Å². The van der Waals surface area contributed by atoms with Gasteiger partial charge in [0.1, 0.15) is 0 Å². The second-order valence-electron chi connectivity index (χ2n) is 8.26. The lowest BCUT2D eigenvalue weighted by molar-refractivity contribution is -0.126. The molecule has 0 spiro atoms. The maximum atomic E-state index is 12.8. The average Bonchev–Trinajstić information content (AvgIpc) is 2.74. The molecule has 2 rings (SSSR count). The second-order valence-corrected chi connectivity index (χ2v) is 10.4. The van der Waals surface area contributed by atoms with Gasteiger partial charge in [-0.15, -0.1) is 0 Å². The largest absolute Gasteiger partial charge is 0.356 e. The van der Waals surface area contributed by atoms with Crippen molar-refractivity contribution in [1.29, 1.82) is 0 Å². The molecule has 1 aliphatic rings. The molecule has 0 aliphatic carbocycles. The average molecular weight is 423 g/mol. The van der Waals surface area contributed by atoms with E-state index in [-0.39, 0.29) is 17.6 Å². The molecule has 1 amide bonds. The van der Waals surface area contributed by atoms with Crippen molar-refractivity contribution in [3.63, 3.8) is 0 Å². The van der Waals surface area contributed by atoms with E-state index in [1.807, 2.05) is 30.3 Å². The van der Waals surface area contributed by atoms with Crippen molar-refractivity contribution in [3.8, 4) is 0 Å². The molecular formula is C23H38N2O3S. The highest BCUT2D eigenvalue weighted by molar-refractivity contribution is 7.89. The Balaban J connectivity index is 1.81. The minimum Gasteiger partial charge on any atom is -0.356 e. The van der Waals surface area contributed by atoms with Crippen molar-refractivity contribution in [3.05, 3.63) is 35.9 Å². The summed E-state index contributed by atoms with van der Waals surface area (Å²) in [6, 6.07) is 9.97. The van der Waals surface area contributed by atoms with Gasteiger partial charge in [0.05, 0.1) is 11.7 Å². The molecule has 1 aromatic carbocycles. The van der Waals surface area contributed by atoms with Gasteiger partial charge in [0.2, 0.25) is 15.9 Å². The number of sulfonamides is 1. The summed E-state index contributed by atoms with van der Waals surface area (Å²) in [7, 11) is -3.31. The number of piperidine rings is 1. The number of rotatable bonds is 12. The standard InChI is InChI=1S/C23H38N2O3S/c1-3-5-11-20(4-2)18-24-23(26)22-15-9-16-25(19-22)29(27,28)17-10-14-21-12-7-6-8-13-21/h6-8,12-13,20,22H,3-5,9-11,14-19H2,1-2H3,(H,24,26)/t20-,22-/m0/s1. The lowest BCUT2D eigenvalue weighted by Gasteiger charge is -2.31. The summed E-state index contributed by atoms with van der Waals surface area (Å²) >= 11 is 0. The third-order valence-electron chi connectivity index (χ3n) is 5.97. The number of amides is 1. The molecule has 1 heterocycles. The molecule has 164 valence electrons. The SMILES string of the molecule is CCCC[C@H](CC)CNC(=O)[C@H]1CCCN(S(=O)(=O)CCCc2ccccc2)C1. The summed E-state index contributed by atoms with van der Waals surface area (Å²) in [6.07, 6.45) is 7.45. The summed E-state index contributed by atoms with van der Waals surface area (Å²) in [5.41, 5.74) is 1.16. The first kappa shape index (κ1) is 23.9. The molecule has 5 nitrogen and oxygen atoms in total. The van der Waals surface area contributed by atoms with Gasteiger partial charge >= 0.3 is 0 Å². The summed E-state index contributed by atoms with van der Waals surface area (Å²) in [5, 5.41) is 3.09. The van der Waals surface area contributed by atoms with Gasteiger partial charge in [0.25, 0.3) is 0 Å². The number of unbranched alkanes of at least 4 members (excludes halogenated alkanes) is 1. The number of aryl methyl sites for hydroxylation is 1. The number of nitrogens with one attached hydrogen (secondary N) is 1. The normalized spacial score (nSPS) is 19.0. The fourth-order valence-electron chi connectivity index (χ4n) is 3.97. The van der Waals surface area contributed by atoms with Crippen LogP contribution in [0.25, 0.3) is 0 Å². The monoisotopic (exact) mass is 422 g/mol. The van der Waals surface area contributed by atoms with E-state index in [9.17, 15) is 13.2 Å². The van der Waals surface area contributed by atoms with Crippen LogP contribution in [0, 0.1) is 11.8 Å². The van der Waals surface area contributed by atoms with Crippen molar-refractivity contribution in [1.82, 2.24) is 9.62 Å². The minimum absolute atomic E-state index is 0.0177. The van der Waals surface area contributed by atoms with E-state index < -0.39 is 10.0 Å². The fourth-order valence-corrected chi connectivity index (χ4v) is 5.56. The van der Waals surface area contributed by atoms with Gasteiger partial charge in [-0.3, -0.25) is 4.79 Å². The van der Waals surface area contributed by atoms with Crippen LogP contribution in [0.4, 0.5) is 0 Å². The van der Waals surface area contributed by atoms with Crippen molar-refractivity contribution >= 4 is 15.9 Å². The fraction of sp³-hybridized carbons (Fsp3) is 0.696. The zero-order chi connectivity index (χ0) is 21.1. The summed E-state index contributed by atoms with van der Waals surface area (Å²) in [5.74, 6) is 0.450. The van der Waals surface area contributed by atoms with E-state index in [2.05, 4.69) is 19.2 Å². The Kier molecular flexibility index (Phi) is 10.2. The van der Waals surface area contributed by atoms with Crippen LogP contribution in [0.15, 0.2) is 30.3 Å². The van der Waals surface area contributed by atoms with Crippen LogP contribution in [0.3, 0.4) is 0 Å². The Morgan fingerprint density at radius 1 is 1.21 bits per heavy atom. The molecular weight excluding hydrogens is 384 g/mol. The summed E-state index contributed by atoms with van der Waals surface area (Å²) in [6.45, 7) is 5.91. The van der Waals surface area contributed by atoms with Crippen molar-refractivity contribution in [2.45, 2.75) is 65.2 Å². The van der Waals surface area contributed by atoms with E-state index in [1.165, 1.54) is 12.8 Å². The zero-order valence-corrected chi connectivity index (χ0v) is 18.9. The highest BCUT2D eigenvalue weighted by atomic mass is 32.2. The Hall–Kier alpha value is -1.40. The molecule has 2 atom stereocenters. The third-order valence-corrected chi connectivity index (χ3v) is 7.89. The van der Waals surface area contributed by atoms with Crippen molar-refractivity contribution in [2.75, 3.05) is 25.4 Å². The van der Waals surface area contributed by atoms with Gasteiger partial charge in [-0.1, -0.05) is 63.4 Å². The Bertz CT molecular complexity index is 706.